The third-order valence-electron chi connectivity index (χ3n) is 6.37. The number of furan rings is 1. The van der Waals surface area contributed by atoms with Crippen molar-refractivity contribution in [2.75, 3.05) is 25.7 Å². The summed E-state index contributed by atoms with van der Waals surface area (Å²) in [5.41, 5.74) is 0.697. The van der Waals surface area contributed by atoms with Crippen LogP contribution in [0.25, 0.3) is 11.0 Å². The van der Waals surface area contributed by atoms with E-state index in [9.17, 15) is 24.6 Å². The van der Waals surface area contributed by atoms with E-state index in [1.54, 1.807) is 32.0 Å². The molecule has 0 aliphatic carbocycles. The van der Waals surface area contributed by atoms with Crippen LogP contribution in [0.2, 0.25) is 0 Å². The van der Waals surface area contributed by atoms with Crippen molar-refractivity contribution in [2.45, 2.75) is 19.9 Å². The summed E-state index contributed by atoms with van der Waals surface area (Å²) in [4.78, 5) is 45.4. The lowest BCUT2D eigenvalue weighted by Gasteiger charge is -2.24. The largest absolute Gasteiger partial charge is 0.504 e. The first kappa shape index (κ1) is 26.8. The van der Waals surface area contributed by atoms with E-state index < -0.39 is 29.5 Å². The van der Waals surface area contributed by atoms with Crippen molar-refractivity contribution < 1.29 is 43.2 Å². The number of aliphatic hydroxyl groups excluding tert-OH is 1. The maximum atomic E-state index is 13.9. The summed E-state index contributed by atoms with van der Waals surface area (Å²) in [7, 11) is 2.69. The zero-order chi connectivity index (χ0) is 28.7. The van der Waals surface area contributed by atoms with Gasteiger partial charge in [-0.25, -0.2) is 9.78 Å². The molecule has 1 amide bonds. The SMILES string of the molecule is CCOc1cc(C2C(C(=O)c3cc4cccc(OC)c4o3)=C(O)C(=O)N2c2nc(C)c(C(=O)OC)s2)ccc1O. The standard InChI is InChI=1S/C28H24N2O9S/c1-5-38-18-11-14(9-10-16(18)31)21-20(22(32)19-12-15-7-6-8-17(36-3)24(15)39-19)23(33)26(34)30(21)28-29-13(2)25(40-28)27(35)37-4/h6-12,21,31,33H,5H2,1-4H3. The lowest BCUT2D eigenvalue weighted by molar-refractivity contribution is -0.117. The summed E-state index contributed by atoms with van der Waals surface area (Å²) in [5, 5.41) is 22.0. The van der Waals surface area contributed by atoms with Gasteiger partial charge in [0.2, 0.25) is 5.78 Å². The quantitative estimate of drug-likeness (QED) is 0.224. The van der Waals surface area contributed by atoms with Crippen LogP contribution >= 0.6 is 11.3 Å². The van der Waals surface area contributed by atoms with Gasteiger partial charge in [0.15, 0.2) is 39.5 Å². The Morgan fingerprint density at radius 3 is 2.60 bits per heavy atom. The van der Waals surface area contributed by atoms with Gasteiger partial charge in [0, 0.05) is 5.39 Å². The molecule has 206 valence electrons. The number of aromatic hydroxyl groups is 1. The Hall–Kier alpha value is -4.84. The number of phenolic OH excluding ortho intramolecular Hbond substituents is 1. The molecular formula is C28H24N2O9S. The number of ether oxygens (including phenoxy) is 3. The maximum absolute atomic E-state index is 13.9. The zero-order valence-electron chi connectivity index (χ0n) is 21.9. The number of amides is 1. The third-order valence-corrected chi connectivity index (χ3v) is 7.50. The predicted octanol–water partition coefficient (Wildman–Crippen LogP) is 4.88. The molecule has 5 rings (SSSR count). The van der Waals surface area contributed by atoms with Crippen LogP contribution in [0.15, 0.2) is 58.2 Å². The molecule has 11 nitrogen and oxygen atoms in total. The first-order valence-corrected chi connectivity index (χ1v) is 12.9. The molecule has 0 bridgehead atoms. The highest BCUT2D eigenvalue weighted by atomic mass is 32.1. The molecule has 3 heterocycles. The van der Waals surface area contributed by atoms with Gasteiger partial charge < -0.3 is 28.8 Å². The van der Waals surface area contributed by atoms with Gasteiger partial charge in [0.05, 0.1) is 38.1 Å². The molecule has 0 saturated carbocycles. The van der Waals surface area contributed by atoms with Crippen molar-refractivity contribution in [3.05, 3.63) is 75.7 Å². The lowest BCUT2D eigenvalue weighted by Crippen LogP contribution is -2.31. The minimum Gasteiger partial charge on any atom is -0.504 e. The fraction of sp³-hybridized carbons (Fsp3) is 0.214. The predicted molar refractivity (Wildman–Crippen MR) is 144 cm³/mol. The summed E-state index contributed by atoms with van der Waals surface area (Å²) in [6.45, 7) is 3.56. The van der Waals surface area contributed by atoms with E-state index >= 15 is 0 Å². The molecule has 1 unspecified atom stereocenters. The number of carbonyl (C=O) groups is 3. The van der Waals surface area contributed by atoms with Crippen molar-refractivity contribution in [1.82, 2.24) is 4.98 Å². The summed E-state index contributed by atoms with van der Waals surface area (Å²) in [6, 6.07) is 9.77. The fourth-order valence-corrected chi connectivity index (χ4v) is 5.54. The van der Waals surface area contributed by atoms with Crippen LogP contribution in [0.3, 0.4) is 0 Å². The Morgan fingerprint density at radius 1 is 1.12 bits per heavy atom. The van der Waals surface area contributed by atoms with Crippen LogP contribution in [0, 0.1) is 6.92 Å². The lowest BCUT2D eigenvalue weighted by atomic mass is 9.95. The number of ketones is 1. The van der Waals surface area contributed by atoms with Crippen molar-refractivity contribution >= 4 is 45.1 Å². The molecule has 1 aliphatic heterocycles. The highest BCUT2D eigenvalue weighted by molar-refractivity contribution is 7.17. The molecule has 12 heteroatoms. The summed E-state index contributed by atoms with van der Waals surface area (Å²) in [5.74, 6) is -2.85. The minimum absolute atomic E-state index is 0.0551. The molecular weight excluding hydrogens is 540 g/mol. The molecule has 1 aliphatic rings. The zero-order valence-corrected chi connectivity index (χ0v) is 22.7. The topological polar surface area (TPSA) is 149 Å². The van der Waals surface area contributed by atoms with Crippen molar-refractivity contribution in [3.8, 4) is 17.2 Å². The number of rotatable bonds is 8. The number of para-hydroxylation sites is 1. The van der Waals surface area contributed by atoms with Gasteiger partial charge >= 0.3 is 5.97 Å². The smallest absolute Gasteiger partial charge is 0.350 e. The molecule has 0 spiro atoms. The van der Waals surface area contributed by atoms with Crippen molar-refractivity contribution in [1.29, 1.82) is 0 Å². The number of phenols is 1. The monoisotopic (exact) mass is 564 g/mol. The maximum Gasteiger partial charge on any atom is 0.350 e. The number of benzene rings is 2. The van der Waals surface area contributed by atoms with Gasteiger partial charge in [0.25, 0.3) is 5.91 Å². The number of aryl methyl sites for hydroxylation is 1. The van der Waals surface area contributed by atoms with Gasteiger partial charge in [-0.1, -0.05) is 29.5 Å². The number of hydrogen-bond donors (Lipinski definition) is 2. The molecule has 1 atom stereocenters. The van der Waals surface area contributed by atoms with Crippen molar-refractivity contribution in [3.63, 3.8) is 0 Å². The number of hydrogen-bond acceptors (Lipinski definition) is 11. The van der Waals surface area contributed by atoms with E-state index in [-0.39, 0.29) is 39.4 Å². The molecule has 4 aromatic rings. The normalized spacial score (nSPS) is 15.2. The molecule has 2 N–H and O–H groups in total. The van der Waals surface area contributed by atoms with Crippen LogP contribution in [0.5, 0.6) is 17.2 Å². The molecule has 0 radical (unpaired) electrons. The van der Waals surface area contributed by atoms with E-state index in [4.69, 9.17) is 18.6 Å². The van der Waals surface area contributed by atoms with E-state index in [1.165, 1.54) is 38.5 Å². The minimum atomic E-state index is -1.20. The number of esters is 1. The van der Waals surface area contributed by atoms with E-state index in [0.717, 1.165) is 16.2 Å². The summed E-state index contributed by atoms with van der Waals surface area (Å²) in [6.07, 6.45) is 0. The Kier molecular flexibility index (Phi) is 6.94. The Morgan fingerprint density at radius 2 is 1.90 bits per heavy atom. The van der Waals surface area contributed by atoms with Gasteiger partial charge in [-0.3, -0.25) is 14.5 Å². The number of fused-ring (bicyclic) bond motifs is 1. The third kappa shape index (κ3) is 4.31. The average molecular weight is 565 g/mol. The summed E-state index contributed by atoms with van der Waals surface area (Å²) < 4.78 is 21.5. The van der Waals surface area contributed by atoms with Gasteiger partial charge in [0.1, 0.15) is 4.88 Å². The highest BCUT2D eigenvalue weighted by Gasteiger charge is 2.47. The van der Waals surface area contributed by atoms with Crippen LogP contribution in [0.1, 0.15) is 44.4 Å². The Balaban J connectivity index is 1.68. The van der Waals surface area contributed by atoms with Gasteiger partial charge in [-0.2, -0.15) is 0 Å². The van der Waals surface area contributed by atoms with E-state index in [1.807, 2.05) is 0 Å². The Bertz CT molecular complexity index is 1700. The number of methoxy groups -OCH3 is 2. The van der Waals surface area contributed by atoms with E-state index in [0.29, 0.717) is 28.0 Å². The number of nitrogens with zero attached hydrogens (tertiary/aromatic N) is 2. The van der Waals surface area contributed by atoms with Crippen LogP contribution in [0.4, 0.5) is 5.13 Å². The fourth-order valence-electron chi connectivity index (χ4n) is 4.53. The first-order chi connectivity index (χ1) is 19.2. The average Bonchev–Trinajstić information content (AvgIpc) is 3.63. The molecule has 2 aromatic heterocycles. The summed E-state index contributed by atoms with van der Waals surface area (Å²) >= 11 is 0.879. The number of carbonyl (C=O) groups excluding carboxylic acids is 3. The molecule has 2 aromatic carbocycles. The second-order valence-corrected chi connectivity index (χ2v) is 9.70. The number of aliphatic hydroxyl groups is 1. The number of thiazole rings is 1. The molecule has 40 heavy (non-hydrogen) atoms. The van der Waals surface area contributed by atoms with Gasteiger partial charge in [-0.15, -0.1) is 0 Å². The Labute approximate surface area is 231 Å². The van der Waals surface area contributed by atoms with Crippen molar-refractivity contribution in [2.24, 2.45) is 0 Å². The number of Topliss-reactive ketones (excluding diaryl/α,β-unsaturated/α-hetero) is 1. The number of aromatic nitrogens is 1. The van der Waals surface area contributed by atoms with Gasteiger partial charge in [-0.05, 0) is 43.7 Å². The van der Waals surface area contributed by atoms with E-state index in [2.05, 4.69) is 4.98 Å². The molecule has 0 saturated heterocycles. The first-order valence-electron chi connectivity index (χ1n) is 12.1. The molecule has 0 fully saturated rings. The van der Waals surface area contributed by atoms with Crippen LogP contribution in [-0.4, -0.2) is 53.7 Å². The highest BCUT2D eigenvalue weighted by Crippen LogP contribution is 2.46. The van der Waals surface area contributed by atoms with Crippen LogP contribution < -0.4 is 14.4 Å². The second-order valence-electron chi connectivity index (χ2n) is 8.72. The van der Waals surface area contributed by atoms with Crippen LogP contribution in [-0.2, 0) is 9.53 Å². The number of anilines is 1. The second kappa shape index (κ2) is 10.4.